The second-order valence-electron chi connectivity index (χ2n) is 3.04. The third-order valence-electron chi connectivity index (χ3n) is 1.80. The Balaban J connectivity index is 2.13. The summed E-state index contributed by atoms with van der Waals surface area (Å²) in [6, 6.07) is 0. The van der Waals surface area contributed by atoms with Crippen LogP contribution in [0.15, 0.2) is 22.9 Å². The molecule has 0 aromatic carbocycles. The van der Waals surface area contributed by atoms with Crippen molar-refractivity contribution in [1.82, 2.24) is 15.6 Å². The fourth-order valence-corrected chi connectivity index (χ4v) is 2.47. The van der Waals surface area contributed by atoms with E-state index in [9.17, 15) is 10.1 Å². The normalized spacial score (nSPS) is 11.2. The Morgan fingerprint density at radius 1 is 1.76 bits per heavy atom. The van der Waals surface area contributed by atoms with Gasteiger partial charge in [0, 0.05) is 30.5 Å². The Hall–Kier alpha value is -1.28. The predicted molar refractivity (Wildman–Crippen MR) is 70.4 cm³/mol. The maximum atomic E-state index is 10.2. The van der Waals surface area contributed by atoms with Crippen molar-refractivity contribution in [2.45, 2.75) is 5.75 Å². The molecule has 0 radical (unpaired) electrons. The van der Waals surface area contributed by atoms with Gasteiger partial charge in [0.05, 0.1) is 16.1 Å². The number of aromatic nitrogens is 1. The van der Waals surface area contributed by atoms with E-state index >= 15 is 0 Å². The summed E-state index contributed by atoms with van der Waals surface area (Å²) in [6.07, 6.45) is 0.922. The molecular formula is C9H14N4O2S2. The van der Waals surface area contributed by atoms with Gasteiger partial charge in [-0.25, -0.2) is 4.98 Å². The summed E-state index contributed by atoms with van der Waals surface area (Å²) in [5.41, 5.74) is 2.89. The molecule has 0 saturated carbocycles. The molecule has 1 rings (SSSR count). The maximum Gasteiger partial charge on any atom is 0.274 e. The van der Waals surface area contributed by atoms with Crippen molar-refractivity contribution in [2.75, 3.05) is 19.3 Å². The summed E-state index contributed by atoms with van der Waals surface area (Å²) < 4.78 is 0. The largest absolute Gasteiger partial charge is 0.370 e. The van der Waals surface area contributed by atoms with Gasteiger partial charge in [0.25, 0.3) is 6.20 Å². The van der Waals surface area contributed by atoms with Crippen LogP contribution in [0, 0.1) is 10.1 Å². The lowest BCUT2D eigenvalue weighted by Crippen LogP contribution is -2.26. The van der Waals surface area contributed by atoms with Crippen molar-refractivity contribution in [3.8, 4) is 0 Å². The van der Waals surface area contributed by atoms with Crippen LogP contribution in [0.2, 0.25) is 0 Å². The number of thiazole rings is 1. The monoisotopic (exact) mass is 274 g/mol. The first kappa shape index (κ1) is 13.8. The Morgan fingerprint density at radius 2 is 2.59 bits per heavy atom. The van der Waals surface area contributed by atoms with Gasteiger partial charge < -0.3 is 10.6 Å². The minimum absolute atomic E-state index is 0.421. The predicted octanol–water partition coefficient (Wildman–Crippen LogP) is 1.26. The molecule has 0 bridgehead atoms. The van der Waals surface area contributed by atoms with Gasteiger partial charge in [0.1, 0.15) is 0 Å². The van der Waals surface area contributed by atoms with Gasteiger partial charge in [0.15, 0.2) is 5.82 Å². The highest BCUT2D eigenvalue weighted by atomic mass is 32.2. The molecule has 0 aliphatic carbocycles. The van der Waals surface area contributed by atoms with Gasteiger partial charge in [-0.15, -0.1) is 11.3 Å². The average Bonchev–Trinajstić information content (AvgIpc) is 2.79. The Bertz CT molecular complexity index is 367. The summed E-state index contributed by atoms with van der Waals surface area (Å²) in [6.45, 7) is 0.676. The molecule has 17 heavy (non-hydrogen) atoms. The van der Waals surface area contributed by atoms with E-state index in [1.807, 2.05) is 10.9 Å². The van der Waals surface area contributed by atoms with E-state index in [1.165, 1.54) is 0 Å². The lowest BCUT2D eigenvalue weighted by molar-refractivity contribution is -0.404. The maximum absolute atomic E-state index is 10.2. The Morgan fingerprint density at radius 3 is 3.18 bits per heavy atom. The summed E-state index contributed by atoms with van der Waals surface area (Å²) in [5, 5.41) is 17.9. The lowest BCUT2D eigenvalue weighted by Gasteiger charge is -2.06. The van der Waals surface area contributed by atoms with Crippen LogP contribution in [-0.4, -0.2) is 29.3 Å². The molecule has 0 amide bonds. The number of nitrogens with zero attached hydrogens (tertiary/aromatic N) is 2. The van der Waals surface area contributed by atoms with Crippen LogP contribution in [0.25, 0.3) is 0 Å². The molecule has 0 atom stereocenters. The average molecular weight is 274 g/mol. The molecule has 1 aromatic heterocycles. The van der Waals surface area contributed by atoms with Gasteiger partial charge in [-0.1, -0.05) is 0 Å². The third-order valence-corrected chi connectivity index (χ3v) is 3.43. The second kappa shape index (κ2) is 7.91. The minimum atomic E-state index is -0.485. The number of hydrogen-bond acceptors (Lipinski definition) is 7. The van der Waals surface area contributed by atoms with Crippen molar-refractivity contribution in [2.24, 2.45) is 0 Å². The Labute approximate surface area is 108 Å². The number of nitrogens with one attached hydrogen (secondary N) is 2. The number of thioether (sulfide) groups is 1. The molecule has 0 unspecified atom stereocenters. The molecule has 0 aliphatic heterocycles. The summed E-state index contributed by atoms with van der Waals surface area (Å²) in [7, 11) is 1.64. The van der Waals surface area contributed by atoms with Crippen LogP contribution in [-0.2, 0) is 5.75 Å². The van der Waals surface area contributed by atoms with Crippen LogP contribution in [0.3, 0.4) is 0 Å². The molecule has 1 aromatic rings. The molecular weight excluding hydrogens is 260 g/mol. The molecule has 6 nitrogen and oxygen atoms in total. The van der Waals surface area contributed by atoms with E-state index < -0.39 is 4.92 Å². The molecule has 0 fully saturated rings. The lowest BCUT2D eigenvalue weighted by atomic mass is 10.6. The van der Waals surface area contributed by atoms with Crippen molar-refractivity contribution in [3.63, 3.8) is 0 Å². The van der Waals surface area contributed by atoms with E-state index in [0.29, 0.717) is 12.4 Å². The zero-order chi connectivity index (χ0) is 12.5. The molecule has 0 saturated heterocycles. The summed E-state index contributed by atoms with van der Waals surface area (Å²) >= 11 is 3.32. The highest BCUT2D eigenvalue weighted by Gasteiger charge is 1.99. The quantitative estimate of drug-likeness (QED) is 0.422. The first-order valence-electron chi connectivity index (χ1n) is 4.94. The van der Waals surface area contributed by atoms with Crippen molar-refractivity contribution < 1.29 is 4.92 Å². The highest BCUT2D eigenvalue weighted by Crippen LogP contribution is 2.11. The van der Waals surface area contributed by atoms with E-state index in [2.05, 4.69) is 15.6 Å². The fourth-order valence-electron chi connectivity index (χ4n) is 1.05. The van der Waals surface area contributed by atoms with Crippen LogP contribution >= 0.6 is 23.1 Å². The van der Waals surface area contributed by atoms with Gasteiger partial charge in [-0.3, -0.25) is 10.1 Å². The molecule has 8 heteroatoms. The van der Waals surface area contributed by atoms with Gasteiger partial charge in [-0.05, 0) is 0 Å². The topological polar surface area (TPSA) is 80.1 Å². The van der Waals surface area contributed by atoms with Crippen LogP contribution in [0.1, 0.15) is 5.69 Å². The highest BCUT2D eigenvalue weighted by molar-refractivity contribution is 7.98. The number of hydrogen-bond donors (Lipinski definition) is 2. The first-order valence-corrected chi connectivity index (χ1v) is 7.04. The molecule has 2 N–H and O–H groups in total. The standard InChI is InChI=1S/C9H14N4O2S2/c1-10-9(4-13(14)15)11-2-3-16-5-8-6-17-7-12-8/h4,6-7,10-11H,2-3,5H2,1H3/b9-4+. The van der Waals surface area contributed by atoms with E-state index in [0.717, 1.165) is 23.4 Å². The number of rotatable bonds is 8. The van der Waals surface area contributed by atoms with Gasteiger partial charge in [-0.2, -0.15) is 11.8 Å². The third kappa shape index (κ3) is 6.12. The van der Waals surface area contributed by atoms with E-state index in [1.54, 1.807) is 30.1 Å². The van der Waals surface area contributed by atoms with Crippen molar-refractivity contribution >= 4 is 23.1 Å². The smallest absolute Gasteiger partial charge is 0.274 e. The molecule has 1 heterocycles. The molecule has 94 valence electrons. The van der Waals surface area contributed by atoms with Crippen molar-refractivity contribution in [1.29, 1.82) is 0 Å². The first-order chi connectivity index (χ1) is 8.22. The van der Waals surface area contributed by atoms with Crippen molar-refractivity contribution in [3.05, 3.63) is 38.7 Å². The van der Waals surface area contributed by atoms with Crippen LogP contribution < -0.4 is 10.6 Å². The minimum Gasteiger partial charge on any atom is -0.370 e. The Kier molecular flexibility index (Phi) is 6.41. The number of nitro groups is 1. The van der Waals surface area contributed by atoms with Gasteiger partial charge >= 0.3 is 0 Å². The molecule has 0 aliphatic rings. The zero-order valence-electron chi connectivity index (χ0n) is 9.38. The van der Waals surface area contributed by atoms with E-state index in [-0.39, 0.29) is 0 Å². The SMILES string of the molecule is CN/C(=C\[N+](=O)[O-])NCCSCc1cscn1. The van der Waals surface area contributed by atoms with E-state index in [4.69, 9.17) is 0 Å². The van der Waals surface area contributed by atoms with Gasteiger partial charge in [0.2, 0.25) is 0 Å². The van der Waals surface area contributed by atoms with Crippen LogP contribution in [0.4, 0.5) is 0 Å². The second-order valence-corrected chi connectivity index (χ2v) is 4.86. The summed E-state index contributed by atoms with van der Waals surface area (Å²) in [5.74, 6) is 2.16. The fraction of sp³-hybridized carbons (Fsp3) is 0.444. The molecule has 0 spiro atoms. The zero-order valence-corrected chi connectivity index (χ0v) is 11.0. The summed E-state index contributed by atoms with van der Waals surface area (Å²) in [4.78, 5) is 13.9. The van der Waals surface area contributed by atoms with Crippen LogP contribution in [0.5, 0.6) is 0 Å².